The second-order valence-electron chi connectivity index (χ2n) is 9.58. The fourth-order valence-electron chi connectivity index (χ4n) is 4.33. The summed E-state index contributed by atoms with van der Waals surface area (Å²) in [5, 5.41) is 22.7. The number of aryl methyl sites for hydroxylation is 1. The molecule has 5 rings (SSSR count). The van der Waals surface area contributed by atoms with Crippen LogP contribution in [0.5, 0.6) is 0 Å². The van der Waals surface area contributed by atoms with Crippen molar-refractivity contribution in [3.63, 3.8) is 0 Å². The second-order valence-corrected chi connectivity index (χ2v) is 9.58. The summed E-state index contributed by atoms with van der Waals surface area (Å²) in [4.78, 5) is 35.7. The first-order chi connectivity index (χ1) is 20.5. The van der Waals surface area contributed by atoms with Crippen LogP contribution in [0.25, 0.3) is 5.82 Å². The van der Waals surface area contributed by atoms with Crippen molar-refractivity contribution in [2.24, 2.45) is 0 Å². The molecule has 0 saturated carbocycles. The molecule has 4 aromatic rings. The molecular formula is C28H27F3N8O4. The Morgan fingerprint density at radius 1 is 1.02 bits per heavy atom. The number of carbonyl (C=O) groups excluding carboxylic acids is 1. The van der Waals surface area contributed by atoms with E-state index in [4.69, 9.17) is 4.74 Å². The van der Waals surface area contributed by atoms with Crippen LogP contribution in [-0.4, -0.2) is 70.1 Å². The van der Waals surface area contributed by atoms with Gasteiger partial charge in [-0.25, -0.2) is 4.79 Å². The van der Waals surface area contributed by atoms with E-state index < -0.39 is 23.6 Å². The number of benzene rings is 2. The Labute approximate surface area is 243 Å². The number of hydrogen-bond acceptors (Lipinski definition) is 9. The average molecular weight is 597 g/mol. The lowest BCUT2D eigenvalue weighted by Crippen LogP contribution is -2.37. The lowest BCUT2D eigenvalue weighted by atomic mass is 10.1. The summed E-state index contributed by atoms with van der Waals surface area (Å²) in [6.45, 7) is 3.98. The number of aromatic nitrogens is 4. The molecule has 0 spiro atoms. The van der Waals surface area contributed by atoms with Gasteiger partial charge in [-0.15, -0.1) is 0 Å². The monoisotopic (exact) mass is 596 g/mol. The van der Waals surface area contributed by atoms with Crippen molar-refractivity contribution in [1.82, 2.24) is 19.7 Å². The van der Waals surface area contributed by atoms with Gasteiger partial charge in [-0.05, 0) is 42.8 Å². The third kappa shape index (κ3) is 6.67. The number of nitrogens with one attached hydrogen (secondary N) is 3. The van der Waals surface area contributed by atoms with Crippen LogP contribution in [0.2, 0.25) is 0 Å². The molecule has 4 N–H and O–H groups in total. The van der Waals surface area contributed by atoms with E-state index in [1.54, 1.807) is 38.2 Å². The number of amides is 1. The van der Waals surface area contributed by atoms with Crippen molar-refractivity contribution < 1.29 is 32.6 Å². The van der Waals surface area contributed by atoms with E-state index in [1.165, 1.54) is 16.8 Å². The number of morpholine rings is 1. The summed E-state index contributed by atoms with van der Waals surface area (Å²) in [5.74, 6) is -0.524. The Morgan fingerprint density at radius 3 is 2.49 bits per heavy atom. The molecule has 224 valence electrons. The maximum atomic E-state index is 13.1. The molecule has 15 heteroatoms. The standard InChI is InChI=1S/C28H27F3N8O4/c1-16-6-7-19(33-25(40)17-4-3-5-18(12-17)28(29,30)31)13-20(16)34-23-14-21(26(41)42)37-39(23)24-15-22(32-2)35-27(36-24)38-8-10-43-11-9-38/h3-7,12-15,34H,8-11H2,1-2H3,(H,33,40)(H,41,42)(H,32,35,36). The Balaban J connectivity index is 1.46. The van der Waals surface area contributed by atoms with Crippen LogP contribution >= 0.6 is 0 Å². The molecule has 3 heterocycles. The maximum absolute atomic E-state index is 13.1. The fraction of sp³-hybridized carbons (Fsp3) is 0.250. The van der Waals surface area contributed by atoms with Gasteiger partial charge < -0.3 is 30.7 Å². The molecule has 1 aliphatic heterocycles. The molecule has 1 aliphatic rings. The molecule has 12 nitrogen and oxygen atoms in total. The zero-order valence-electron chi connectivity index (χ0n) is 23.1. The Kier molecular flexibility index (Phi) is 8.16. The number of carboxylic acid groups (broad SMARTS) is 1. The molecule has 2 aromatic heterocycles. The highest BCUT2D eigenvalue weighted by Crippen LogP contribution is 2.31. The number of carbonyl (C=O) groups is 2. The van der Waals surface area contributed by atoms with E-state index >= 15 is 0 Å². The number of aromatic carboxylic acids is 1. The molecule has 1 amide bonds. The van der Waals surface area contributed by atoms with Crippen molar-refractivity contribution in [3.8, 4) is 5.82 Å². The first-order valence-electron chi connectivity index (χ1n) is 13.1. The number of nitrogens with zero attached hydrogens (tertiary/aromatic N) is 5. The van der Waals surface area contributed by atoms with Gasteiger partial charge in [0.1, 0.15) is 11.6 Å². The number of alkyl halides is 3. The minimum atomic E-state index is -4.59. The van der Waals surface area contributed by atoms with Crippen LogP contribution in [-0.2, 0) is 10.9 Å². The van der Waals surface area contributed by atoms with E-state index in [2.05, 4.69) is 31.0 Å². The molecular weight excluding hydrogens is 569 g/mol. The predicted molar refractivity (Wildman–Crippen MR) is 153 cm³/mol. The first kappa shape index (κ1) is 29.3. The highest BCUT2D eigenvalue weighted by atomic mass is 19.4. The molecule has 0 atom stereocenters. The molecule has 1 saturated heterocycles. The normalized spacial score (nSPS) is 13.5. The van der Waals surface area contributed by atoms with Crippen LogP contribution in [0.3, 0.4) is 0 Å². The summed E-state index contributed by atoms with van der Waals surface area (Å²) in [6, 6.07) is 12.0. The van der Waals surface area contributed by atoms with E-state index in [-0.39, 0.29) is 17.1 Å². The van der Waals surface area contributed by atoms with Crippen molar-refractivity contribution in [2.45, 2.75) is 13.1 Å². The lowest BCUT2D eigenvalue weighted by molar-refractivity contribution is -0.137. The minimum Gasteiger partial charge on any atom is -0.476 e. The van der Waals surface area contributed by atoms with Crippen LogP contribution in [0.1, 0.15) is 32.0 Å². The van der Waals surface area contributed by atoms with Crippen LogP contribution in [0.4, 0.5) is 42.1 Å². The number of rotatable bonds is 8. The van der Waals surface area contributed by atoms with E-state index in [0.29, 0.717) is 55.3 Å². The van der Waals surface area contributed by atoms with Gasteiger partial charge in [-0.3, -0.25) is 4.79 Å². The number of hydrogen-bond donors (Lipinski definition) is 4. The first-order valence-corrected chi connectivity index (χ1v) is 13.1. The van der Waals surface area contributed by atoms with Gasteiger partial charge in [-0.2, -0.15) is 32.9 Å². The SMILES string of the molecule is CNc1cc(-n2nc(C(=O)O)cc2Nc2cc(NC(=O)c3cccc(C(F)(F)F)c3)ccc2C)nc(N2CCOCC2)n1. The topological polar surface area (TPSA) is 147 Å². The summed E-state index contributed by atoms with van der Waals surface area (Å²) >= 11 is 0. The summed E-state index contributed by atoms with van der Waals surface area (Å²) < 4.78 is 46.1. The van der Waals surface area contributed by atoms with Crippen LogP contribution in [0.15, 0.2) is 54.6 Å². The van der Waals surface area contributed by atoms with E-state index in [1.807, 2.05) is 4.90 Å². The van der Waals surface area contributed by atoms with Gasteiger partial charge in [0.05, 0.1) is 18.8 Å². The van der Waals surface area contributed by atoms with Crippen molar-refractivity contribution in [1.29, 1.82) is 0 Å². The molecule has 2 aromatic carbocycles. The Morgan fingerprint density at radius 2 is 1.79 bits per heavy atom. The molecule has 0 radical (unpaired) electrons. The molecule has 1 fully saturated rings. The zero-order chi connectivity index (χ0) is 30.7. The second kappa shape index (κ2) is 12.0. The Hall–Kier alpha value is -5.18. The van der Waals surface area contributed by atoms with Gasteiger partial charge in [0.25, 0.3) is 5.91 Å². The third-order valence-electron chi connectivity index (χ3n) is 6.61. The van der Waals surface area contributed by atoms with Crippen molar-refractivity contribution in [3.05, 3.63) is 77.0 Å². The number of ether oxygens (including phenoxy) is 1. The molecule has 43 heavy (non-hydrogen) atoms. The van der Waals surface area contributed by atoms with E-state index in [9.17, 15) is 27.9 Å². The van der Waals surface area contributed by atoms with Gasteiger partial charge in [0.15, 0.2) is 11.5 Å². The number of carboxylic acids is 1. The lowest BCUT2D eigenvalue weighted by Gasteiger charge is -2.27. The highest BCUT2D eigenvalue weighted by molar-refractivity contribution is 6.04. The van der Waals surface area contributed by atoms with Crippen LogP contribution < -0.4 is 20.9 Å². The zero-order valence-corrected chi connectivity index (χ0v) is 23.1. The smallest absolute Gasteiger partial charge is 0.416 e. The van der Waals surface area contributed by atoms with Gasteiger partial charge in [-0.1, -0.05) is 12.1 Å². The van der Waals surface area contributed by atoms with Crippen molar-refractivity contribution >= 4 is 40.8 Å². The van der Waals surface area contributed by atoms with E-state index in [0.717, 1.165) is 23.8 Å². The summed E-state index contributed by atoms with van der Waals surface area (Å²) in [6.07, 6.45) is -4.59. The number of anilines is 5. The highest BCUT2D eigenvalue weighted by Gasteiger charge is 2.31. The average Bonchev–Trinajstić information content (AvgIpc) is 3.43. The van der Waals surface area contributed by atoms with Gasteiger partial charge >= 0.3 is 12.1 Å². The minimum absolute atomic E-state index is 0.158. The largest absolute Gasteiger partial charge is 0.476 e. The van der Waals surface area contributed by atoms with Gasteiger partial charge in [0.2, 0.25) is 5.95 Å². The quantitative estimate of drug-likeness (QED) is 0.228. The molecule has 0 bridgehead atoms. The van der Waals surface area contributed by atoms with Crippen molar-refractivity contribution in [2.75, 3.05) is 54.2 Å². The fourth-order valence-corrected chi connectivity index (χ4v) is 4.33. The van der Waals surface area contributed by atoms with Crippen LogP contribution in [0, 0.1) is 6.92 Å². The maximum Gasteiger partial charge on any atom is 0.416 e. The molecule has 0 aliphatic carbocycles. The molecule has 0 unspecified atom stereocenters. The summed E-state index contributed by atoms with van der Waals surface area (Å²) in [7, 11) is 1.70. The number of halogens is 3. The van der Waals surface area contributed by atoms with Gasteiger partial charge in [0, 0.05) is 49.2 Å². The predicted octanol–water partition coefficient (Wildman–Crippen LogP) is 4.56. The Bertz CT molecular complexity index is 1670. The third-order valence-corrected chi connectivity index (χ3v) is 6.61. The summed E-state index contributed by atoms with van der Waals surface area (Å²) in [5.41, 5.74) is 0.178.